The summed E-state index contributed by atoms with van der Waals surface area (Å²) in [7, 11) is -3.79. The molecule has 1 aliphatic heterocycles. The first-order valence-electron chi connectivity index (χ1n) is 8.51. The third kappa shape index (κ3) is 3.53. The van der Waals surface area contributed by atoms with Crippen LogP contribution in [0.2, 0.25) is 0 Å². The van der Waals surface area contributed by atoms with E-state index in [1.54, 1.807) is 23.1 Å². The maximum atomic E-state index is 12.8. The molecule has 0 fully saturated rings. The second-order valence-electron chi connectivity index (χ2n) is 6.30. The fraction of sp³-hybridized carbons (Fsp3) is 0.316. The number of hydrogen-bond donors (Lipinski definition) is 1. The minimum absolute atomic E-state index is 0.0894. The number of benzene rings is 2. The summed E-state index contributed by atoms with van der Waals surface area (Å²) in [5.74, 6) is 0.354. The quantitative estimate of drug-likeness (QED) is 0.892. The number of aryl methyl sites for hydroxylation is 1. The molecule has 0 aromatic heterocycles. The predicted octanol–water partition coefficient (Wildman–Crippen LogP) is 3.18. The summed E-state index contributed by atoms with van der Waals surface area (Å²) < 4.78 is 34.0. The van der Waals surface area contributed by atoms with Crippen molar-refractivity contribution in [3.8, 4) is 5.75 Å². The molecule has 1 N–H and O–H groups in total. The van der Waals surface area contributed by atoms with Gasteiger partial charge in [-0.05, 0) is 43.2 Å². The second kappa shape index (κ2) is 6.99. The van der Waals surface area contributed by atoms with Crippen LogP contribution in [0, 0.1) is 0 Å². The number of amides is 1. The summed E-state index contributed by atoms with van der Waals surface area (Å²) in [5.41, 5.74) is 1.94. The molecule has 1 atom stereocenters. The van der Waals surface area contributed by atoms with E-state index in [0.29, 0.717) is 30.1 Å². The zero-order chi connectivity index (χ0) is 18.9. The summed E-state index contributed by atoms with van der Waals surface area (Å²) >= 11 is 0. The van der Waals surface area contributed by atoms with E-state index in [0.717, 1.165) is 5.56 Å². The highest BCUT2D eigenvalue weighted by atomic mass is 32.2. The number of nitrogens with zero attached hydrogens (tertiary/aromatic N) is 1. The van der Waals surface area contributed by atoms with Crippen LogP contribution in [0.25, 0.3) is 0 Å². The van der Waals surface area contributed by atoms with Gasteiger partial charge in [-0.2, -0.15) is 0 Å². The minimum atomic E-state index is -3.79. The molecule has 0 aliphatic carbocycles. The highest BCUT2D eigenvalue weighted by Crippen LogP contribution is 2.36. The van der Waals surface area contributed by atoms with Gasteiger partial charge in [0.25, 0.3) is 10.0 Å². The van der Waals surface area contributed by atoms with Gasteiger partial charge in [0, 0.05) is 6.92 Å². The number of carbonyl (C=O) groups excluding carboxylic acids is 1. The number of fused-ring (bicyclic) bond motifs is 1. The van der Waals surface area contributed by atoms with Gasteiger partial charge in [0.05, 0.1) is 22.8 Å². The smallest absolute Gasteiger partial charge is 0.261 e. The lowest BCUT2D eigenvalue weighted by atomic mass is 10.1. The Bertz CT molecular complexity index is 940. The van der Waals surface area contributed by atoms with Crippen molar-refractivity contribution in [1.29, 1.82) is 0 Å². The SMILES string of the molecule is CCc1ccccc1NS(=O)(=O)c1ccc2c(c1)N(C(C)=O)CC(C)O2. The summed E-state index contributed by atoms with van der Waals surface area (Å²) in [6.07, 6.45) is 0.565. The molecule has 1 aliphatic rings. The molecule has 1 heterocycles. The number of hydrogen-bond acceptors (Lipinski definition) is 4. The van der Waals surface area contributed by atoms with Crippen molar-refractivity contribution in [2.75, 3.05) is 16.2 Å². The van der Waals surface area contributed by atoms with Crippen LogP contribution in [0.15, 0.2) is 47.4 Å². The molecule has 1 amide bonds. The number of sulfonamides is 1. The molecule has 2 aromatic carbocycles. The Morgan fingerprint density at radius 2 is 2.00 bits per heavy atom. The van der Waals surface area contributed by atoms with E-state index >= 15 is 0 Å². The van der Waals surface area contributed by atoms with E-state index in [2.05, 4.69) is 4.72 Å². The van der Waals surface area contributed by atoms with Gasteiger partial charge in [0.15, 0.2) is 0 Å². The van der Waals surface area contributed by atoms with Gasteiger partial charge in [0.2, 0.25) is 5.91 Å². The van der Waals surface area contributed by atoms with Crippen LogP contribution in [-0.2, 0) is 21.2 Å². The number of nitrogens with one attached hydrogen (secondary N) is 1. The number of para-hydroxylation sites is 1. The largest absolute Gasteiger partial charge is 0.487 e. The maximum Gasteiger partial charge on any atom is 0.261 e. The van der Waals surface area contributed by atoms with E-state index in [4.69, 9.17) is 4.74 Å². The lowest BCUT2D eigenvalue weighted by Crippen LogP contribution is -2.41. The van der Waals surface area contributed by atoms with Gasteiger partial charge in [-0.15, -0.1) is 0 Å². The fourth-order valence-corrected chi connectivity index (χ4v) is 4.13. The van der Waals surface area contributed by atoms with Crippen LogP contribution in [0.1, 0.15) is 26.3 Å². The Hall–Kier alpha value is -2.54. The van der Waals surface area contributed by atoms with Crippen LogP contribution in [0.4, 0.5) is 11.4 Å². The van der Waals surface area contributed by atoms with E-state index in [-0.39, 0.29) is 16.9 Å². The van der Waals surface area contributed by atoms with Gasteiger partial charge in [-0.1, -0.05) is 25.1 Å². The number of anilines is 2. The number of carbonyl (C=O) groups is 1. The van der Waals surface area contributed by atoms with E-state index in [1.807, 2.05) is 26.0 Å². The van der Waals surface area contributed by atoms with Crippen LogP contribution < -0.4 is 14.4 Å². The van der Waals surface area contributed by atoms with Crippen LogP contribution in [-0.4, -0.2) is 27.0 Å². The highest BCUT2D eigenvalue weighted by Gasteiger charge is 2.28. The molecule has 26 heavy (non-hydrogen) atoms. The van der Waals surface area contributed by atoms with Gasteiger partial charge in [-0.25, -0.2) is 8.42 Å². The summed E-state index contributed by atoms with van der Waals surface area (Å²) in [5, 5.41) is 0. The molecule has 0 saturated heterocycles. The lowest BCUT2D eigenvalue weighted by molar-refractivity contribution is -0.117. The molecular weight excluding hydrogens is 352 g/mol. The first kappa shape index (κ1) is 18.3. The van der Waals surface area contributed by atoms with Crippen molar-refractivity contribution in [1.82, 2.24) is 0 Å². The normalized spacial score (nSPS) is 16.6. The van der Waals surface area contributed by atoms with Gasteiger partial charge in [0.1, 0.15) is 11.9 Å². The Morgan fingerprint density at radius 3 is 2.69 bits per heavy atom. The summed E-state index contributed by atoms with van der Waals surface area (Å²) in [6, 6.07) is 11.9. The first-order chi connectivity index (χ1) is 12.3. The molecular formula is C19H22N2O4S. The van der Waals surface area contributed by atoms with Gasteiger partial charge < -0.3 is 9.64 Å². The van der Waals surface area contributed by atoms with E-state index in [1.165, 1.54) is 19.1 Å². The zero-order valence-corrected chi connectivity index (χ0v) is 15.8. The molecule has 3 rings (SSSR count). The Labute approximate surface area is 153 Å². The van der Waals surface area contributed by atoms with Crippen molar-refractivity contribution in [3.63, 3.8) is 0 Å². The zero-order valence-electron chi connectivity index (χ0n) is 15.0. The topological polar surface area (TPSA) is 75.7 Å². The van der Waals surface area contributed by atoms with Crippen molar-refractivity contribution in [2.24, 2.45) is 0 Å². The molecule has 7 heteroatoms. The van der Waals surface area contributed by atoms with Gasteiger partial charge in [-0.3, -0.25) is 9.52 Å². The Morgan fingerprint density at radius 1 is 1.27 bits per heavy atom. The second-order valence-corrected chi connectivity index (χ2v) is 7.99. The standard InChI is InChI=1S/C19H22N2O4S/c1-4-15-7-5-6-8-17(15)20-26(23,24)16-9-10-19-18(11-16)21(14(3)22)12-13(2)25-19/h5-11,13,20H,4,12H2,1-3H3. The predicted molar refractivity (Wildman–Crippen MR) is 101 cm³/mol. The molecule has 1 unspecified atom stereocenters. The van der Waals surface area contributed by atoms with Crippen molar-refractivity contribution >= 4 is 27.3 Å². The Balaban J connectivity index is 1.99. The first-order valence-corrected chi connectivity index (χ1v) is 9.99. The highest BCUT2D eigenvalue weighted by molar-refractivity contribution is 7.92. The van der Waals surface area contributed by atoms with Crippen LogP contribution in [0.3, 0.4) is 0 Å². The average molecular weight is 374 g/mol. The van der Waals surface area contributed by atoms with Crippen LogP contribution in [0.5, 0.6) is 5.75 Å². The molecule has 2 aromatic rings. The molecule has 6 nitrogen and oxygen atoms in total. The van der Waals surface area contributed by atoms with E-state index in [9.17, 15) is 13.2 Å². The molecule has 0 spiro atoms. The molecule has 0 bridgehead atoms. The number of rotatable bonds is 4. The molecule has 0 saturated carbocycles. The average Bonchev–Trinajstić information content (AvgIpc) is 2.60. The minimum Gasteiger partial charge on any atom is -0.487 e. The van der Waals surface area contributed by atoms with Gasteiger partial charge >= 0.3 is 0 Å². The third-order valence-electron chi connectivity index (χ3n) is 4.32. The molecule has 138 valence electrons. The van der Waals surface area contributed by atoms with E-state index < -0.39 is 10.0 Å². The van der Waals surface area contributed by atoms with Crippen LogP contribution >= 0.6 is 0 Å². The van der Waals surface area contributed by atoms with Crippen molar-refractivity contribution in [2.45, 2.75) is 38.2 Å². The van der Waals surface area contributed by atoms with Crippen molar-refractivity contribution < 1.29 is 17.9 Å². The summed E-state index contributed by atoms with van der Waals surface area (Å²) in [6.45, 7) is 5.68. The summed E-state index contributed by atoms with van der Waals surface area (Å²) in [4.78, 5) is 13.6. The number of ether oxygens (including phenoxy) is 1. The van der Waals surface area contributed by atoms with Crippen molar-refractivity contribution in [3.05, 3.63) is 48.0 Å². The Kier molecular flexibility index (Phi) is 4.91. The third-order valence-corrected chi connectivity index (χ3v) is 5.69. The maximum absolute atomic E-state index is 12.8. The molecule has 0 radical (unpaired) electrons. The lowest BCUT2D eigenvalue weighted by Gasteiger charge is -2.33. The monoisotopic (exact) mass is 374 g/mol. The fourth-order valence-electron chi connectivity index (χ4n) is 3.01.